The molecule has 0 unspecified atom stereocenters. The van der Waals surface area contributed by atoms with Crippen molar-refractivity contribution in [2.24, 2.45) is 0 Å². The van der Waals surface area contributed by atoms with Crippen LogP contribution in [-0.2, 0) is 14.3 Å². The van der Waals surface area contributed by atoms with Crippen molar-refractivity contribution < 1.29 is 19.0 Å². The number of piperidine rings is 1. The Bertz CT molecular complexity index is 571. The average molecular weight is 354 g/mol. The van der Waals surface area contributed by atoms with Gasteiger partial charge >= 0.3 is 0 Å². The number of benzene rings is 1. The smallest absolute Gasteiger partial charge is 0.266 e. The Morgan fingerprint density at radius 1 is 1.17 bits per heavy atom. The van der Waals surface area contributed by atoms with Crippen LogP contribution in [0.2, 0.25) is 5.02 Å². The van der Waals surface area contributed by atoms with Crippen LogP contribution in [0.4, 0.5) is 0 Å². The molecule has 24 heavy (non-hydrogen) atoms. The van der Waals surface area contributed by atoms with Crippen LogP contribution in [0.25, 0.3) is 0 Å². The van der Waals surface area contributed by atoms with Crippen molar-refractivity contribution in [2.75, 3.05) is 26.3 Å². The minimum Gasteiger partial charge on any atom is -0.478 e. The van der Waals surface area contributed by atoms with Crippen molar-refractivity contribution in [3.63, 3.8) is 0 Å². The minimum atomic E-state index is -0.938. The third kappa shape index (κ3) is 3.85. The lowest BCUT2D eigenvalue weighted by Crippen LogP contribution is -2.56. The molecule has 0 aliphatic carbocycles. The fraction of sp³-hybridized carbons (Fsp3) is 0.611. The number of carbonyl (C=O) groups excluding carboxylic acids is 1. The molecule has 2 aliphatic rings. The first kappa shape index (κ1) is 17.5. The van der Waals surface area contributed by atoms with E-state index in [0.717, 1.165) is 19.6 Å². The summed E-state index contributed by atoms with van der Waals surface area (Å²) >= 11 is 5.88. The lowest BCUT2D eigenvalue weighted by Gasteiger charge is -2.44. The number of nitrogens with zero attached hydrogens (tertiary/aromatic N) is 1. The average Bonchev–Trinajstić information content (AvgIpc) is 2.58. The van der Waals surface area contributed by atoms with E-state index in [2.05, 4.69) is 0 Å². The number of halogens is 1. The van der Waals surface area contributed by atoms with Gasteiger partial charge in [0.05, 0.1) is 13.2 Å². The highest BCUT2D eigenvalue weighted by molar-refractivity contribution is 6.30. The van der Waals surface area contributed by atoms with Gasteiger partial charge in [-0.2, -0.15) is 0 Å². The highest BCUT2D eigenvalue weighted by Gasteiger charge is 2.42. The third-order valence-corrected chi connectivity index (χ3v) is 4.79. The second-order valence-corrected chi connectivity index (χ2v) is 7.26. The van der Waals surface area contributed by atoms with Gasteiger partial charge in [-0.1, -0.05) is 11.6 Å². The summed E-state index contributed by atoms with van der Waals surface area (Å²) in [5, 5.41) is 0.639. The first-order valence-electron chi connectivity index (χ1n) is 8.42. The first-order valence-corrected chi connectivity index (χ1v) is 8.80. The molecule has 2 saturated heterocycles. The lowest BCUT2D eigenvalue weighted by atomic mass is 9.99. The van der Waals surface area contributed by atoms with Crippen LogP contribution >= 0.6 is 11.6 Å². The highest BCUT2D eigenvalue weighted by atomic mass is 35.5. The summed E-state index contributed by atoms with van der Waals surface area (Å²) < 4.78 is 17.5. The maximum atomic E-state index is 12.9. The molecule has 0 radical (unpaired) electrons. The second-order valence-electron chi connectivity index (χ2n) is 6.82. The van der Waals surface area contributed by atoms with Gasteiger partial charge in [0.15, 0.2) is 11.4 Å². The van der Waals surface area contributed by atoms with Crippen LogP contribution in [0, 0.1) is 0 Å². The summed E-state index contributed by atoms with van der Waals surface area (Å²) in [5.41, 5.74) is -0.938. The Morgan fingerprint density at radius 2 is 1.75 bits per heavy atom. The molecule has 1 aromatic rings. The molecule has 5 nitrogen and oxygen atoms in total. The first-order chi connectivity index (χ1) is 11.4. The number of amides is 1. The molecule has 2 aliphatic heterocycles. The summed E-state index contributed by atoms with van der Waals surface area (Å²) in [5.74, 6) is 0.115. The Balaban J connectivity index is 1.60. The standard InChI is InChI=1S/C18H24ClNO4/c1-17(2,24-15-6-4-14(19)5-7-15)16(21)20-10-8-18(9-11-20)22-12-3-13-23-18/h4-7H,3,8-13H2,1-2H3. The largest absolute Gasteiger partial charge is 0.478 e. The molecule has 0 N–H and O–H groups in total. The lowest BCUT2D eigenvalue weighted by molar-refractivity contribution is -0.283. The van der Waals surface area contributed by atoms with Crippen molar-refractivity contribution in [3.05, 3.63) is 29.3 Å². The van der Waals surface area contributed by atoms with Crippen molar-refractivity contribution in [1.82, 2.24) is 4.90 Å². The zero-order valence-electron chi connectivity index (χ0n) is 14.2. The fourth-order valence-electron chi connectivity index (χ4n) is 3.18. The van der Waals surface area contributed by atoms with Gasteiger partial charge in [-0.15, -0.1) is 0 Å². The summed E-state index contributed by atoms with van der Waals surface area (Å²) in [6.45, 7) is 6.29. The van der Waals surface area contributed by atoms with E-state index >= 15 is 0 Å². The van der Waals surface area contributed by atoms with Crippen molar-refractivity contribution >= 4 is 17.5 Å². The van der Waals surface area contributed by atoms with E-state index in [1.807, 2.05) is 4.90 Å². The van der Waals surface area contributed by atoms with Gasteiger partial charge in [-0.25, -0.2) is 0 Å². The monoisotopic (exact) mass is 353 g/mol. The Morgan fingerprint density at radius 3 is 2.33 bits per heavy atom. The number of rotatable bonds is 3. The molecule has 0 bridgehead atoms. The van der Waals surface area contributed by atoms with Gasteiger partial charge in [0.1, 0.15) is 5.75 Å². The minimum absolute atomic E-state index is 0.0249. The molecular formula is C18H24ClNO4. The molecule has 0 atom stereocenters. The molecule has 0 saturated carbocycles. The number of hydrogen-bond acceptors (Lipinski definition) is 4. The van der Waals surface area contributed by atoms with Crippen molar-refractivity contribution in [3.8, 4) is 5.75 Å². The van der Waals surface area contributed by atoms with Gasteiger partial charge in [-0.3, -0.25) is 4.79 Å². The second kappa shape index (κ2) is 6.90. The van der Waals surface area contributed by atoms with Crippen LogP contribution in [0.15, 0.2) is 24.3 Å². The van der Waals surface area contributed by atoms with Gasteiger partial charge in [0, 0.05) is 31.0 Å². The number of ether oxygens (including phenoxy) is 3. The number of carbonyl (C=O) groups is 1. The van der Waals surface area contributed by atoms with Crippen molar-refractivity contribution in [1.29, 1.82) is 0 Å². The van der Waals surface area contributed by atoms with Crippen molar-refractivity contribution in [2.45, 2.75) is 44.5 Å². The molecule has 1 aromatic carbocycles. The maximum absolute atomic E-state index is 12.9. The van der Waals surface area contributed by atoms with Crippen LogP contribution < -0.4 is 4.74 Å². The molecule has 2 fully saturated rings. The Kier molecular flexibility index (Phi) is 5.04. The van der Waals surface area contributed by atoms with Crippen LogP contribution in [0.5, 0.6) is 5.75 Å². The summed E-state index contributed by atoms with van der Waals surface area (Å²) in [6, 6.07) is 7.04. The van der Waals surface area contributed by atoms with Gasteiger partial charge in [0.25, 0.3) is 5.91 Å². The Labute approximate surface area is 147 Å². The maximum Gasteiger partial charge on any atom is 0.266 e. The molecule has 132 valence electrons. The van der Waals surface area contributed by atoms with E-state index in [4.69, 9.17) is 25.8 Å². The molecule has 3 rings (SSSR count). The fourth-order valence-corrected chi connectivity index (χ4v) is 3.30. The van der Waals surface area contributed by atoms with E-state index in [1.54, 1.807) is 38.1 Å². The van der Waals surface area contributed by atoms with Gasteiger partial charge in [-0.05, 0) is 44.5 Å². The molecule has 2 heterocycles. The molecule has 1 spiro atoms. The molecule has 1 amide bonds. The molecule has 0 aromatic heterocycles. The normalized spacial score (nSPS) is 20.9. The summed E-state index contributed by atoms with van der Waals surface area (Å²) in [7, 11) is 0. The topological polar surface area (TPSA) is 48.0 Å². The number of likely N-dealkylation sites (tertiary alicyclic amines) is 1. The third-order valence-electron chi connectivity index (χ3n) is 4.53. The SMILES string of the molecule is CC(C)(Oc1ccc(Cl)cc1)C(=O)N1CCC2(CC1)OCCCO2. The highest BCUT2D eigenvalue weighted by Crippen LogP contribution is 2.32. The zero-order valence-corrected chi connectivity index (χ0v) is 15.0. The van der Waals surface area contributed by atoms with Gasteiger partial charge < -0.3 is 19.1 Å². The van der Waals surface area contributed by atoms with Crippen LogP contribution in [0.3, 0.4) is 0 Å². The Hall–Kier alpha value is -1.30. The quantitative estimate of drug-likeness (QED) is 0.837. The van der Waals surface area contributed by atoms with E-state index in [9.17, 15) is 4.79 Å². The summed E-state index contributed by atoms with van der Waals surface area (Å²) in [6.07, 6.45) is 2.35. The predicted octanol–water partition coefficient (Wildman–Crippen LogP) is 3.25. The zero-order chi connectivity index (χ0) is 17.2. The molecular weight excluding hydrogens is 330 g/mol. The van der Waals surface area contributed by atoms with E-state index in [1.165, 1.54) is 0 Å². The van der Waals surface area contributed by atoms with E-state index in [-0.39, 0.29) is 5.91 Å². The predicted molar refractivity (Wildman–Crippen MR) is 91.2 cm³/mol. The summed E-state index contributed by atoms with van der Waals surface area (Å²) in [4.78, 5) is 14.7. The van der Waals surface area contributed by atoms with E-state index in [0.29, 0.717) is 36.7 Å². The van der Waals surface area contributed by atoms with Crippen LogP contribution in [0.1, 0.15) is 33.1 Å². The molecule has 6 heteroatoms. The number of hydrogen-bond donors (Lipinski definition) is 0. The van der Waals surface area contributed by atoms with E-state index < -0.39 is 11.4 Å². The van der Waals surface area contributed by atoms with Crippen LogP contribution in [-0.4, -0.2) is 48.5 Å². The van der Waals surface area contributed by atoms with Gasteiger partial charge in [0.2, 0.25) is 0 Å².